The number of nitrogens with zero attached hydrogens (tertiary/aromatic N) is 2. The second kappa shape index (κ2) is 12.6. The van der Waals surface area contributed by atoms with Gasteiger partial charge in [0.2, 0.25) is 0 Å². The summed E-state index contributed by atoms with van der Waals surface area (Å²) in [6.45, 7) is 0. The molecule has 0 unspecified atom stereocenters. The standard InChI is InChI=1S/C48H32N2OS/c1-4-14-33(15-5-1)39-20-10-12-22-44(39)50(35-18-8-3-9-19-35)37-25-28-45-42(30-37)40-27-24-38(32-46(40)51-45)49(34-16-6-2-7-17-34)36-26-29-48-43(31-36)41-21-11-13-23-47(41)52-48/h1-32H. The number of rotatable bonds is 7. The van der Waals surface area contributed by atoms with E-state index in [4.69, 9.17) is 4.42 Å². The molecular formula is C48H32N2OS. The molecule has 0 amide bonds. The Morgan fingerprint density at radius 3 is 1.73 bits per heavy atom. The topological polar surface area (TPSA) is 19.6 Å². The summed E-state index contributed by atoms with van der Waals surface area (Å²) >= 11 is 1.84. The highest BCUT2D eigenvalue weighted by atomic mass is 32.1. The quantitative estimate of drug-likeness (QED) is 0.167. The van der Waals surface area contributed by atoms with Crippen molar-refractivity contribution in [3.8, 4) is 11.1 Å². The highest BCUT2D eigenvalue weighted by Gasteiger charge is 2.20. The van der Waals surface area contributed by atoms with Crippen LogP contribution in [0.3, 0.4) is 0 Å². The van der Waals surface area contributed by atoms with Gasteiger partial charge in [-0.3, -0.25) is 0 Å². The molecule has 0 atom stereocenters. The van der Waals surface area contributed by atoms with Gasteiger partial charge in [0.1, 0.15) is 11.2 Å². The minimum Gasteiger partial charge on any atom is -0.456 e. The van der Waals surface area contributed by atoms with Gasteiger partial charge in [0.15, 0.2) is 0 Å². The smallest absolute Gasteiger partial charge is 0.137 e. The molecule has 10 aromatic rings. The van der Waals surface area contributed by atoms with Crippen LogP contribution in [0.1, 0.15) is 0 Å². The number of anilines is 6. The van der Waals surface area contributed by atoms with Crippen LogP contribution in [0.25, 0.3) is 53.2 Å². The van der Waals surface area contributed by atoms with Gasteiger partial charge in [0.05, 0.1) is 5.69 Å². The summed E-state index contributed by atoms with van der Waals surface area (Å²) in [4.78, 5) is 4.66. The molecule has 4 heteroatoms. The van der Waals surface area contributed by atoms with Crippen LogP contribution in [-0.4, -0.2) is 0 Å². The second-order valence-corrected chi connectivity index (χ2v) is 14.1. The van der Waals surface area contributed by atoms with Crippen LogP contribution in [0.4, 0.5) is 34.1 Å². The molecule has 0 bridgehead atoms. The molecule has 2 aromatic heterocycles. The predicted molar refractivity (Wildman–Crippen MR) is 221 cm³/mol. The van der Waals surface area contributed by atoms with Crippen molar-refractivity contribution in [2.24, 2.45) is 0 Å². The Kier molecular flexibility index (Phi) is 7.33. The van der Waals surface area contributed by atoms with Gasteiger partial charge in [-0.1, -0.05) is 103 Å². The number of hydrogen-bond acceptors (Lipinski definition) is 4. The number of para-hydroxylation sites is 3. The first kappa shape index (κ1) is 30.2. The van der Waals surface area contributed by atoms with Crippen molar-refractivity contribution < 1.29 is 4.42 Å². The van der Waals surface area contributed by atoms with Gasteiger partial charge < -0.3 is 14.2 Å². The van der Waals surface area contributed by atoms with E-state index in [0.29, 0.717) is 0 Å². The normalized spacial score (nSPS) is 11.5. The molecule has 52 heavy (non-hydrogen) atoms. The minimum atomic E-state index is 0.851. The molecule has 3 nitrogen and oxygen atoms in total. The number of fused-ring (bicyclic) bond motifs is 6. The van der Waals surface area contributed by atoms with Crippen molar-refractivity contribution in [2.75, 3.05) is 9.80 Å². The Bertz CT molecular complexity index is 2860. The van der Waals surface area contributed by atoms with Crippen molar-refractivity contribution in [3.05, 3.63) is 194 Å². The van der Waals surface area contributed by atoms with Crippen LogP contribution in [-0.2, 0) is 0 Å². The van der Waals surface area contributed by atoms with Crippen LogP contribution >= 0.6 is 11.3 Å². The molecule has 0 saturated carbocycles. The van der Waals surface area contributed by atoms with E-state index in [1.54, 1.807) is 0 Å². The molecule has 8 aromatic carbocycles. The lowest BCUT2D eigenvalue weighted by atomic mass is 10.0. The third-order valence-electron chi connectivity index (χ3n) is 9.83. The van der Waals surface area contributed by atoms with E-state index in [1.165, 1.54) is 31.3 Å². The molecule has 246 valence electrons. The lowest BCUT2D eigenvalue weighted by molar-refractivity contribution is 0.669. The third-order valence-corrected chi connectivity index (χ3v) is 11.0. The number of benzene rings is 8. The van der Waals surface area contributed by atoms with E-state index in [0.717, 1.165) is 56.1 Å². The molecule has 0 N–H and O–H groups in total. The summed E-state index contributed by atoms with van der Waals surface area (Å²) < 4.78 is 9.22. The van der Waals surface area contributed by atoms with Crippen molar-refractivity contribution >= 4 is 87.6 Å². The summed E-state index contributed by atoms with van der Waals surface area (Å²) in [6, 6.07) is 69.0. The first-order valence-electron chi connectivity index (χ1n) is 17.5. The fraction of sp³-hybridized carbons (Fsp3) is 0. The van der Waals surface area contributed by atoms with E-state index >= 15 is 0 Å². The van der Waals surface area contributed by atoms with Gasteiger partial charge in [-0.25, -0.2) is 0 Å². The molecule has 0 aliphatic heterocycles. The molecule has 0 fully saturated rings. The van der Waals surface area contributed by atoms with Gasteiger partial charge in [-0.05, 0) is 90.5 Å². The Morgan fingerprint density at radius 2 is 0.923 bits per heavy atom. The summed E-state index contributed by atoms with van der Waals surface area (Å²) in [5.74, 6) is 0. The van der Waals surface area contributed by atoms with Gasteiger partial charge >= 0.3 is 0 Å². The Labute approximate surface area is 305 Å². The number of thiophene rings is 1. The van der Waals surface area contributed by atoms with Crippen molar-refractivity contribution in [2.45, 2.75) is 0 Å². The Morgan fingerprint density at radius 1 is 0.346 bits per heavy atom. The highest BCUT2D eigenvalue weighted by Crippen LogP contribution is 2.45. The second-order valence-electron chi connectivity index (χ2n) is 13.0. The highest BCUT2D eigenvalue weighted by molar-refractivity contribution is 7.25. The summed E-state index contributed by atoms with van der Waals surface area (Å²) in [5, 5.41) is 4.72. The average Bonchev–Trinajstić information content (AvgIpc) is 3.77. The molecule has 0 saturated heterocycles. The van der Waals surface area contributed by atoms with Gasteiger partial charge in [-0.2, -0.15) is 0 Å². The zero-order valence-corrected chi connectivity index (χ0v) is 29.0. The lowest BCUT2D eigenvalue weighted by Gasteiger charge is -2.28. The fourth-order valence-corrected chi connectivity index (χ4v) is 8.53. The van der Waals surface area contributed by atoms with Crippen molar-refractivity contribution in [1.29, 1.82) is 0 Å². The minimum absolute atomic E-state index is 0.851. The van der Waals surface area contributed by atoms with E-state index in [1.807, 2.05) is 11.3 Å². The van der Waals surface area contributed by atoms with Crippen LogP contribution in [0, 0.1) is 0 Å². The third kappa shape index (κ3) is 5.20. The Hall–Kier alpha value is -6.62. The molecule has 0 aliphatic rings. The summed E-state index contributed by atoms with van der Waals surface area (Å²) in [5.41, 5.74) is 10.6. The molecule has 0 spiro atoms. The first-order chi connectivity index (χ1) is 25.8. The number of furan rings is 1. The maximum absolute atomic E-state index is 6.63. The van der Waals surface area contributed by atoms with Crippen molar-refractivity contribution in [1.82, 2.24) is 0 Å². The van der Waals surface area contributed by atoms with E-state index < -0.39 is 0 Å². The van der Waals surface area contributed by atoms with Gasteiger partial charge in [0.25, 0.3) is 0 Å². The van der Waals surface area contributed by atoms with Gasteiger partial charge in [0, 0.05) is 71.0 Å². The molecule has 0 aliphatic carbocycles. The molecule has 0 radical (unpaired) electrons. The Balaban J connectivity index is 1.11. The maximum atomic E-state index is 6.63. The predicted octanol–water partition coefficient (Wildman–Crippen LogP) is 14.6. The van der Waals surface area contributed by atoms with E-state index in [-0.39, 0.29) is 0 Å². The van der Waals surface area contributed by atoms with Crippen molar-refractivity contribution in [3.63, 3.8) is 0 Å². The van der Waals surface area contributed by atoms with Crippen LogP contribution in [0.5, 0.6) is 0 Å². The number of hydrogen-bond donors (Lipinski definition) is 0. The first-order valence-corrected chi connectivity index (χ1v) is 18.3. The van der Waals surface area contributed by atoms with E-state index in [9.17, 15) is 0 Å². The molecule has 2 heterocycles. The zero-order chi connectivity index (χ0) is 34.4. The SMILES string of the molecule is c1ccc(-c2ccccc2N(c2ccccc2)c2ccc3oc4cc(N(c5ccccc5)c5ccc6sc7ccccc7c6c5)ccc4c3c2)cc1. The summed E-state index contributed by atoms with van der Waals surface area (Å²) in [7, 11) is 0. The van der Waals surface area contributed by atoms with Crippen LogP contribution < -0.4 is 9.80 Å². The molecular weight excluding hydrogens is 653 g/mol. The lowest BCUT2D eigenvalue weighted by Crippen LogP contribution is -2.11. The van der Waals surface area contributed by atoms with Crippen LogP contribution in [0.15, 0.2) is 199 Å². The average molecular weight is 685 g/mol. The van der Waals surface area contributed by atoms with Crippen LogP contribution in [0.2, 0.25) is 0 Å². The van der Waals surface area contributed by atoms with Gasteiger partial charge in [-0.15, -0.1) is 11.3 Å². The fourth-order valence-electron chi connectivity index (χ4n) is 7.44. The molecule has 10 rings (SSSR count). The largest absolute Gasteiger partial charge is 0.456 e. The van der Waals surface area contributed by atoms with E-state index in [2.05, 4.69) is 204 Å². The zero-order valence-electron chi connectivity index (χ0n) is 28.2. The summed E-state index contributed by atoms with van der Waals surface area (Å²) in [6.07, 6.45) is 0. The monoisotopic (exact) mass is 684 g/mol. The maximum Gasteiger partial charge on any atom is 0.137 e.